The van der Waals surface area contributed by atoms with Gasteiger partial charge in [0, 0.05) is 43.8 Å². The number of rotatable bonds is 6. The van der Waals surface area contributed by atoms with Gasteiger partial charge in [-0.15, -0.1) is 0 Å². The van der Waals surface area contributed by atoms with E-state index in [1.807, 2.05) is 4.90 Å². The van der Waals surface area contributed by atoms with Gasteiger partial charge >= 0.3 is 6.18 Å². The quantitative estimate of drug-likeness (QED) is 0.294. The maximum absolute atomic E-state index is 14.1. The van der Waals surface area contributed by atoms with Crippen molar-refractivity contribution in [2.45, 2.75) is 6.18 Å². The van der Waals surface area contributed by atoms with E-state index < -0.39 is 17.6 Å². The van der Waals surface area contributed by atoms with E-state index in [9.17, 15) is 17.6 Å². The number of pyridine rings is 1. The van der Waals surface area contributed by atoms with Gasteiger partial charge in [-0.3, -0.25) is 4.98 Å². The summed E-state index contributed by atoms with van der Waals surface area (Å²) in [4.78, 5) is 14.1. The summed E-state index contributed by atoms with van der Waals surface area (Å²) in [5.41, 5.74) is 3.16. The highest BCUT2D eigenvalue weighted by Gasteiger charge is 2.30. The SMILES string of the molecule is Fc1cnc(N/N=C\c2cc(Nc3cccc(C(F)(F)F)c3)ccn2)nc1N1CCNCC1. The predicted molar refractivity (Wildman–Crippen MR) is 117 cm³/mol. The number of hydrazone groups is 1. The molecule has 0 bridgehead atoms. The minimum Gasteiger partial charge on any atom is -0.355 e. The van der Waals surface area contributed by atoms with Gasteiger partial charge in [0.15, 0.2) is 11.6 Å². The summed E-state index contributed by atoms with van der Waals surface area (Å²) >= 11 is 0. The Morgan fingerprint density at radius 2 is 1.85 bits per heavy atom. The Labute approximate surface area is 186 Å². The summed E-state index contributed by atoms with van der Waals surface area (Å²) in [5.74, 6) is -0.185. The molecule has 1 aliphatic heterocycles. The fourth-order valence-electron chi connectivity index (χ4n) is 3.20. The monoisotopic (exact) mass is 460 g/mol. The second kappa shape index (κ2) is 9.77. The first-order valence-corrected chi connectivity index (χ1v) is 10.1. The Hall–Kier alpha value is -3.80. The van der Waals surface area contributed by atoms with E-state index >= 15 is 0 Å². The van der Waals surface area contributed by atoms with Crippen molar-refractivity contribution in [3.8, 4) is 0 Å². The molecule has 0 amide bonds. The zero-order valence-electron chi connectivity index (χ0n) is 17.3. The lowest BCUT2D eigenvalue weighted by Gasteiger charge is -2.28. The third kappa shape index (κ3) is 5.92. The van der Waals surface area contributed by atoms with Gasteiger partial charge in [0.1, 0.15) is 0 Å². The van der Waals surface area contributed by atoms with Crippen LogP contribution in [0, 0.1) is 5.82 Å². The molecule has 0 atom stereocenters. The van der Waals surface area contributed by atoms with Gasteiger partial charge in [-0.1, -0.05) is 6.07 Å². The average molecular weight is 460 g/mol. The molecule has 172 valence electrons. The van der Waals surface area contributed by atoms with E-state index in [4.69, 9.17) is 0 Å². The fraction of sp³-hybridized carbons (Fsp3) is 0.238. The maximum Gasteiger partial charge on any atom is 0.416 e. The number of aromatic nitrogens is 3. The second-order valence-electron chi connectivity index (χ2n) is 7.15. The van der Waals surface area contributed by atoms with Crippen molar-refractivity contribution in [2.24, 2.45) is 5.10 Å². The molecule has 1 saturated heterocycles. The number of anilines is 4. The molecule has 2 aromatic heterocycles. The Morgan fingerprint density at radius 1 is 1.06 bits per heavy atom. The van der Waals surface area contributed by atoms with Crippen molar-refractivity contribution >= 4 is 29.4 Å². The summed E-state index contributed by atoms with van der Waals surface area (Å²) in [6.45, 7) is 2.74. The highest BCUT2D eigenvalue weighted by atomic mass is 19.4. The number of halogens is 4. The molecule has 0 saturated carbocycles. The molecular weight excluding hydrogens is 440 g/mol. The van der Waals surface area contributed by atoms with Gasteiger partial charge in [-0.2, -0.15) is 23.3 Å². The van der Waals surface area contributed by atoms with Crippen LogP contribution in [-0.2, 0) is 6.18 Å². The summed E-state index contributed by atoms with van der Waals surface area (Å²) in [6, 6.07) is 8.13. The minimum absolute atomic E-state index is 0.124. The molecule has 33 heavy (non-hydrogen) atoms. The summed E-state index contributed by atoms with van der Waals surface area (Å²) in [7, 11) is 0. The number of nitrogens with zero attached hydrogens (tertiary/aromatic N) is 5. The van der Waals surface area contributed by atoms with Crippen LogP contribution in [0.3, 0.4) is 0 Å². The van der Waals surface area contributed by atoms with Crippen LogP contribution in [0.25, 0.3) is 0 Å². The van der Waals surface area contributed by atoms with Crippen LogP contribution in [0.5, 0.6) is 0 Å². The first kappa shape index (κ1) is 22.4. The maximum atomic E-state index is 14.1. The van der Waals surface area contributed by atoms with Crippen molar-refractivity contribution in [3.05, 3.63) is 65.9 Å². The van der Waals surface area contributed by atoms with Gasteiger partial charge in [0.25, 0.3) is 0 Å². The molecular formula is C21H20F4N8. The molecule has 0 spiro atoms. The van der Waals surface area contributed by atoms with E-state index in [2.05, 4.69) is 36.1 Å². The van der Waals surface area contributed by atoms with Crippen LogP contribution in [0.15, 0.2) is 53.9 Å². The number of hydrogen-bond acceptors (Lipinski definition) is 8. The normalized spacial score (nSPS) is 14.5. The second-order valence-corrected chi connectivity index (χ2v) is 7.15. The van der Waals surface area contributed by atoms with Gasteiger partial charge < -0.3 is 15.5 Å². The van der Waals surface area contributed by atoms with Crippen LogP contribution in [0.1, 0.15) is 11.3 Å². The number of nitrogens with one attached hydrogen (secondary N) is 3. The van der Waals surface area contributed by atoms with Gasteiger partial charge in [-0.05, 0) is 30.3 Å². The van der Waals surface area contributed by atoms with Crippen LogP contribution < -0.4 is 21.0 Å². The molecule has 3 heterocycles. The number of benzene rings is 1. The van der Waals surface area contributed by atoms with Crippen molar-refractivity contribution < 1.29 is 17.6 Å². The molecule has 12 heteroatoms. The Balaban J connectivity index is 1.42. The van der Waals surface area contributed by atoms with Crippen LogP contribution in [0.2, 0.25) is 0 Å². The van der Waals surface area contributed by atoms with Crippen LogP contribution in [-0.4, -0.2) is 47.3 Å². The summed E-state index contributed by atoms with van der Waals surface area (Å²) < 4.78 is 52.8. The fourth-order valence-corrected chi connectivity index (χ4v) is 3.20. The number of alkyl halides is 3. The van der Waals surface area contributed by atoms with Crippen molar-refractivity contribution in [2.75, 3.05) is 41.8 Å². The predicted octanol–water partition coefficient (Wildman–Crippen LogP) is 3.63. The Bertz CT molecular complexity index is 1130. The topological polar surface area (TPSA) is 90.4 Å². The van der Waals surface area contributed by atoms with Crippen molar-refractivity contribution in [3.63, 3.8) is 0 Å². The van der Waals surface area contributed by atoms with Gasteiger partial charge in [0.05, 0.1) is 23.7 Å². The standard InChI is InChI=1S/C21H20F4N8/c22-18-13-28-20(31-19(18)33-8-6-26-7-9-33)32-29-12-17-11-16(4-5-27-17)30-15-3-1-2-14(10-15)21(23,24)25/h1-5,10-13,26H,6-9H2,(H,27,30)(H,28,31,32)/b29-12-. The first-order chi connectivity index (χ1) is 15.9. The average Bonchev–Trinajstić information content (AvgIpc) is 2.81. The van der Waals surface area contributed by atoms with E-state index in [1.165, 1.54) is 24.5 Å². The molecule has 4 rings (SSSR count). The van der Waals surface area contributed by atoms with E-state index in [0.29, 0.717) is 24.5 Å². The third-order valence-corrected chi connectivity index (χ3v) is 4.76. The smallest absolute Gasteiger partial charge is 0.355 e. The largest absolute Gasteiger partial charge is 0.416 e. The lowest BCUT2D eigenvalue weighted by Crippen LogP contribution is -2.44. The minimum atomic E-state index is -4.42. The van der Waals surface area contributed by atoms with Gasteiger partial charge in [-0.25, -0.2) is 14.8 Å². The summed E-state index contributed by atoms with van der Waals surface area (Å²) in [5, 5.41) is 10.1. The van der Waals surface area contributed by atoms with E-state index in [-0.39, 0.29) is 17.5 Å². The van der Waals surface area contributed by atoms with Crippen LogP contribution in [0.4, 0.5) is 40.7 Å². The van der Waals surface area contributed by atoms with Crippen molar-refractivity contribution in [1.29, 1.82) is 0 Å². The molecule has 0 radical (unpaired) electrons. The van der Waals surface area contributed by atoms with Crippen LogP contribution >= 0.6 is 0 Å². The van der Waals surface area contributed by atoms with E-state index in [0.717, 1.165) is 31.4 Å². The Kier molecular flexibility index (Phi) is 6.63. The number of piperazine rings is 1. The van der Waals surface area contributed by atoms with Crippen molar-refractivity contribution in [1.82, 2.24) is 20.3 Å². The molecule has 1 fully saturated rings. The number of hydrogen-bond donors (Lipinski definition) is 3. The molecule has 8 nitrogen and oxygen atoms in total. The lowest BCUT2D eigenvalue weighted by molar-refractivity contribution is -0.137. The molecule has 3 aromatic rings. The molecule has 0 unspecified atom stereocenters. The first-order valence-electron chi connectivity index (χ1n) is 10.1. The molecule has 0 aliphatic carbocycles. The highest BCUT2D eigenvalue weighted by Crippen LogP contribution is 2.31. The lowest BCUT2D eigenvalue weighted by atomic mass is 10.2. The zero-order valence-corrected chi connectivity index (χ0v) is 17.3. The molecule has 3 N–H and O–H groups in total. The summed E-state index contributed by atoms with van der Waals surface area (Å²) in [6.07, 6.45) is -0.449. The third-order valence-electron chi connectivity index (χ3n) is 4.76. The highest BCUT2D eigenvalue weighted by molar-refractivity contribution is 5.79. The molecule has 1 aliphatic rings. The molecule has 1 aromatic carbocycles. The zero-order chi connectivity index (χ0) is 23.3. The Morgan fingerprint density at radius 3 is 2.64 bits per heavy atom. The van der Waals surface area contributed by atoms with Gasteiger partial charge in [0.2, 0.25) is 5.95 Å². The van der Waals surface area contributed by atoms with E-state index in [1.54, 1.807) is 12.1 Å².